The molecular formula is C25H34ClN3O4S. The molecular weight excluding hydrogens is 474 g/mol. The highest BCUT2D eigenvalue weighted by Gasteiger charge is 2.33. The molecule has 2 rings (SSSR count). The molecule has 0 heterocycles. The predicted molar refractivity (Wildman–Crippen MR) is 137 cm³/mol. The highest BCUT2D eigenvalue weighted by Crippen LogP contribution is 2.27. The molecule has 186 valence electrons. The Morgan fingerprint density at radius 1 is 1.06 bits per heavy atom. The number of aryl methyl sites for hydroxylation is 1. The molecule has 7 nitrogen and oxygen atoms in total. The zero-order valence-corrected chi connectivity index (χ0v) is 22.2. The molecule has 1 N–H and O–H groups in total. The number of amides is 2. The highest BCUT2D eigenvalue weighted by atomic mass is 35.5. The fourth-order valence-corrected chi connectivity index (χ4v) is 4.66. The van der Waals surface area contributed by atoms with Gasteiger partial charge in [0.15, 0.2) is 0 Å². The van der Waals surface area contributed by atoms with E-state index >= 15 is 0 Å². The van der Waals surface area contributed by atoms with Gasteiger partial charge in [0.1, 0.15) is 12.6 Å². The molecule has 2 aromatic rings. The Bertz CT molecular complexity index is 1110. The third kappa shape index (κ3) is 7.74. The van der Waals surface area contributed by atoms with Crippen LogP contribution in [0.1, 0.15) is 45.2 Å². The molecule has 0 unspecified atom stereocenters. The molecule has 0 spiro atoms. The summed E-state index contributed by atoms with van der Waals surface area (Å²) >= 11 is 6.25. The van der Waals surface area contributed by atoms with Crippen molar-refractivity contribution in [3.05, 3.63) is 64.7 Å². The number of benzene rings is 2. The van der Waals surface area contributed by atoms with Gasteiger partial charge in [0.2, 0.25) is 21.8 Å². The Hall–Kier alpha value is -2.58. The number of hydrogen-bond acceptors (Lipinski definition) is 4. The number of anilines is 1. The molecule has 0 aliphatic carbocycles. The van der Waals surface area contributed by atoms with Crippen LogP contribution in [0, 0.1) is 6.92 Å². The number of rotatable bonds is 9. The number of carbonyl (C=O) groups excluding carboxylic acids is 2. The number of nitrogens with one attached hydrogen (secondary N) is 1. The van der Waals surface area contributed by atoms with Gasteiger partial charge in [-0.05, 0) is 51.8 Å². The van der Waals surface area contributed by atoms with E-state index in [0.717, 1.165) is 21.7 Å². The van der Waals surface area contributed by atoms with Crippen molar-refractivity contribution in [3.8, 4) is 0 Å². The molecule has 1 atom stereocenters. The average molecular weight is 508 g/mol. The first-order valence-electron chi connectivity index (χ1n) is 11.1. The molecule has 2 aromatic carbocycles. The maximum absolute atomic E-state index is 13.6. The van der Waals surface area contributed by atoms with Crippen molar-refractivity contribution >= 4 is 39.1 Å². The van der Waals surface area contributed by atoms with Gasteiger partial charge in [-0.25, -0.2) is 8.42 Å². The number of para-hydroxylation sites is 1. The second kappa shape index (κ2) is 11.2. The lowest BCUT2D eigenvalue weighted by Crippen LogP contribution is -2.55. The zero-order chi connectivity index (χ0) is 25.7. The largest absolute Gasteiger partial charge is 0.350 e. The Kier molecular flexibility index (Phi) is 9.14. The third-order valence-corrected chi connectivity index (χ3v) is 6.60. The summed E-state index contributed by atoms with van der Waals surface area (Å²) in [7, 11) is -3.83. The van der Waals surface area contributed by atoms with Crippen LogP contribution in [0.5, 0.6) is 0 Å². The van der Waals surface area contributed by atoms with Crippen molar-refractivity contribution in [2.24, 2.45) is 0 Å². The molecule has 9 heteroatoms. The Morgan fingerprint density at radius 2 is 1.65 bits per heavy atom. The first-order valence-corrected chi connectivity index (χ1v) is 13.3. The molecule has 0 radical (unpaired) electrons. The highest BCUT2D eigenvalue weighted by molar-refractivity contribution is 7.92. The summed E-state index contributed by atoms with van der Waals surface area (Å²) in [6.45, 7) is 9.07. The van der Waals surface area contributed by atoms with Crippen LogP contribution in [0.25, 0.3) is 0 Å². The van der Waals surface area contributed by atoms with Gasteiger partial charge in [-0.1, -0.05) is 60.5 Å². The SMILES string of the molecule is CC[C@H](C(=O)NC(C)(C)C)N(Cc1ccc(C)cc1)C(=O)CN(c1ccccc1Cl)S(C)(=O)=O. The fourth-order valence-electron chi connectivity index (χ4n) is 3.51. The van der Waals surface area contributed by atoms with Crippen LogP contribution in [0.2, 0.25) is 5.02 Å². The van der Waals surface area contributed by atoms with Crippen molar-refractivity contribution in [2.75, 3.05) is 17.1 Å². The minimum atomic E-state index is -3.83. The maximum Gasteiger partial charge on any atom is 0.244 e. The molecule has 0 aliphatic heterocycles. The second-order valence-corrected chi connectivity index (χ2v) is 11.7. The lowest BCUT2D eigenvalue weighted by molar-refractivity contribution is -0.141. The topological polar surface area (TPSA) is 86.8 Å². The normalized spacial score (nSPS) is 12.7. The van der Waals surface area contributed by atoms with E-state index in [0.29, 0.717) is 6.42 Å². The van der Waals surface area contributed by atoms with Crippen LogP contribution in [-0.4, -0.2) is 49.5 Å². The summed E-state index contributed by atoms with van der Waals surface area (Å²) in [5.74, 6) is -0.791. The summed E-state index contributed by atoms with van der Waals surface area (Å²) in [6, 6.07) is 13.3. The van der Waals surface area contributed by atoms with Crippen LogP contribution in [0.3, 0.4) is 0 Å². The van der Waals surface area contributed by atoms with Crippen molar-refractivity contribution in [1.29, 1.82) is 0 Å². The lowest BCUT2D eigenvalue weighted by atomic mass is 10.1. The number of sulfonamides is 1. The van der Waals surface area contributed by atoms with Gasteiger partial charge >= 0.3 is 0 Å². The van der Waals surface area contributed by atoms with Crippen LogP contribution >= 0.6 is 11.6 Å². The van der Waals surface area contributed by atoms with Crippen LogP contribution in [0.15, 0.2) is 48.5 Å². The van der Waals surface area contributed by atoms with E-state index in [9.17, 15) is 18.0 Å². The summed E-state index contributed by atoms with van der Waals surface area (Å²) in [6.07, 6.45) is 1.39. The molecule has 0 aromatic heterocycles. The number of halogens is 1. The maximum atomic E-state index is 13.6. The Morgan fingerprint density at radius 3 is 2.15 bits per heavy atom. The van der Waals surface area contributed by atoms with Gasteiger partial charge in [-0.15, -0.1) is 0 Å². The van der Waals surface area contributed by atoms with Crippen molar-refractivity contribution in [1.82, 2.24) is 10.2 Å². The fraction of sp³-hybridized carbons (Fsp3) is 0.440. The van der Waals surface area contributed by atoms with Gasteiger partial charge in [-0.3, -0.25) is 13.9 Å². The second-order valence-electron chi connectivity index (χ2n) is 9.39. The molecule has 2 amide bonds. The molecule has 0 fully saturated rings. The molecule has 0 aliphatic rings. The van der Waals surface area contributed by atoms with E-state index in [2.05, 4.69) is 5.32 Å². The van der Waals surface area contributed by atoms with E-state index in [1.54, 1.807) is 24.3 Å². The van der Waals surface area contributed by atoms with E-state index in [1.165, 1.54) is 4.90 Å². The van der Waals surface area contributed by atoms with Gasteiger partial charge < -0.3 is 10.2 Å². The molecule has 0 bridgehead atoms. The van der Waals surface area contributed by atoms with Crippen LogP contribution in [-0.2, 0) is 26.2 Å². The van der Waals surface area contributed by atoms with E-state index in [1.807, 2.05) is 58.9 Å². The smallest absolute Gasteiger partial charge is 0.244 e. The minimum absolute atomic E-state index is 0.162. The standard InChI is InChI=1S/C25H34ClN3O4S/c1-7-21(24(31)27-25(3,4)5)28(16-19-14-12-18(2)13-15-19)23(30)17-29(34(6,32)33)22-11-9-8-10-20(22)26/h8-15,21H,7,16-17H2,1-6H3,(H,27,31)/t21-/m1/s1. The van der Waals surface area contributed by atoms with E-state index < -0.39 is 34.1 Å². The third-order valence-electron chi connectivity index (χ3n) is 5.16. The van der Waals surface area contributed by atoms with Crippen LogP contribution in [0.4, 0.5) is 5.69 Å². The Balaban J connectivity index is 2.46. The average Bonchev–Trinajstić information content (AvgIpc) is 2.71. The van der Waals surface area contributed by atoms with Gasteiger partial charge in [0.05, 0.1) is 17.0 Å². The summed E-state index contributed by atoms with van der Waals surface area (Å²) in [4.78, 5) is 28.2. The first-order chi connectivity index (χ1) is 15.7. The van der Waals surface area contributed by atoms with Crippen molar-refractivity contribution in [3.63, 3.8) is 0 Å². The van der Waals surface area contributed by atoms with Crippen LogP contribution < -0.4 is 9.62 Å². The first kappa shape index (κ1) is 27.7. The van der Waals surface area contributed by atoms with Gasteiger partial charge in [0.25, 0.3) is 0 Å². The van der Waals surface area contributed by atoms with E-state index in [-0.39, 0.29) is 23.2 Å². The minimum Gasteiger partial charge on any atom is -0.350 e. The summed E-state index contributed by atoms with van der Waals surface area (Å²) in [5.41, 5.74) is 1.63. The number of nitrogens with zero attached hydrogens (tertiary/aromatic N) is 2. The molecule has 0 saturated carbocycles. The predicted octanol–water partition coefficient (Wildman–Crippen LogP) is 4.14. The zero-order valence-electron chi connectivity index (χ0n) is 20.6. The van der Waals surface area contributed by atoms with Gasteiger partial charge in [-0.2, -0.15) is 0 Å². The van der Waals surface area contributed by atoms with E-state index in [4.69, 9.17) is 11.6 Å². The Labute approximate surface area is 208 Å². The lowest BCUT2D eigenvalue weighted by Gasteiger charge is -2.34. The van der Waals surface area contributed by atoms with Crippen molar-refractivity contribution < 1.29 is 18.0 Å². The number of hydrogen-bond donors (Lipinski definition) is 1. The summed E-state index contributed by atoms with van der Waals surface area (Å²) in [5, 5.41) is 3.15. The monoisotopic (exact) mass is 507 g/mol. The molecule has 0 saturated heterocycles. The van der Waals surface area contributed by atoms with Gasteiger partial charge in [0, 0.05) is 12.1 Å². The van der Waals surface area contributed by atoms with Crippen molar-refractivity contribution in [2.45, 2.75) is 59.2 Å². The quantitative estimate of drug-likeness (QED) is 0.552. The summed E-state index contributed by atoms with van der Waals surface area (Å²) < 4.78 is 26.2. The number of carbonyl (C=O) groups is 2. The molecule has 34 heavy (non-hydrogen) atoms.